The van der Waals surface area contributed by atoms with Crippen molar-refractivity contribution in [3.05, 3.63) is 176 Å². The third-order valence-corrected chi connectivity index (χ3v) is 11.7. The molecule has 0 N–H and O–H groups in total. The number of fused-ring (bicyclic) bond motifs is 14. The summed E-state index contributed by atoms with van der Waals surface area (Å²) in [4.78, 5) is 15.4. The summed E-state index contributed by atoms with van der Waals surface area (Å²) >= 11 is 0. The van der Waals surface area contributed by atoms with Crippen LogP contribution in [0.5, 0.6) is 0 Å². The van der Waals surface area contributed by atoms with Crippen LogP contribution in [0.25, 0.3) is 122 Å². The lowest BCUT2D eigenvalue weighted by Gasteiger charge is -2.11. The van der Waals surface area contributed by atoms with Gasteiger partial charge >= 0.3 is 0 Å². The largest absolute Gasteiger partial charge is 0.454 e. The van der Waals surface area contributed by atoms with Gasteiger partial charge in [0.2, 0.25) is 0 Å². The minimum Gasteiger partial charge on any atom is -0.454 e. The van der Waals surface area contributed by atoms with Crippen molar-refractivity contribution in [2.24, 2.45) is 0 Å². The third kappa shape index (κ3) is 4.16. The molecule has 0 amide bonds. The van der Waals surface area contributed by atoms with Gasteiger partial charge in [-0.3, -0.25) is 0 Å². The van der Waals surface area contributed by atoms with Crippen LogP contribution in [0.2, 0.25) is 0 Å². The zero-order valence-electron chi connectivity index (χ0n) is 30.4. The molecule has 0 atom stereocenters. The van der Waals surface area contributed by atoms with Crippen LogP contribution in [-0.2, 0) is 0 Å². The summed E-state index contributed by atoms with van der Waals surface area (Å²) in [5.74, 6) is 1.90. The van der Waals surface area contributed by atoms with Crippen LogP contribution < -0.4 is 0 Å². The third-order valence-electron chi connectivity index (χ3n) is 11.7. The van der Waals surface area contributed by atoms with Gasteiger partial charge in [-0.15, -0.1) is 0 Å². The van der Waals surface area contributed by atoms with E-state index in [1.54, 1.807) is 0 Å². The van der Waals surface area contributed by atoms with Crippen LogP contribution >= 0.6 is 0 Å². The molecule has 0 spiro atoms. The van der Waals surface area contributed by atoms with E-state index in [-0.39, 0.29) is 0 Å². The minimum absolute atomic E-state index is 0.629. The first-order valence-electron chi connectivity index (χ1n) is 19.2. The van der Waals surface area contributed by atoms with Crippen molar-refractivity contribution in [2.75, 3.05) is 0 Å². The number of para-hydroxylation sites is 4. The Bertz CT molecular complexity index is 3750. The van der Waals surface area contributed by atoms with Crippen molar-refractivity contribution in [1.82, 2.24) is 23.8 Å². The Morgan fingerprint density at radius 2 is 0.877 bits per heavy atom. The molecule has 13 rings (SSSR count). The maximum atomic E-state index is 6.88. The molecule has 0 aliphatic rings. The predicted molar refractivity (Wildman–Crippen MR) is 233 cm³/mol. The van der Waals surface area contributed by atoms with Crippen molar-refractivity contribution >= 4 is 87.4 Å². The van der Waals surface area contributed by atoms with Crippen molar-refractivity contribution in [3.8, 4) is 34.2 Å². The summed E-state index contributed by atoms with van der Waals surface area (Å²) < 4.78 is 11.8. The van der Waals surface area contributed by atoms with E-state index in [9.17, 15) is 0 Å². The Morgan fingerprint density at radius 3 is 1.67 bits per heavy atom. The number of rotatable bonds is 3. The fraction of sp³-hybridized carbons (Fsp3) is 0. The van der Waals surface area contributed by atoms with Gasteiger partial charge in [0.1, 0.15) is 5.58 Å². The first-order chi connectivity index (χ1) is 28.3. The van der Waals surface area contributed by atoms with E-state index in [4.69, 9.17) is 19.4 Å². The molecule has 8 aromatic carbocycles. The molecule has 0 fully saturated rings. The van der Waals surface area contributed by atoms with Gasteiger partial charge in [0.05, 0.1) is 33.1 Å². The summed E-state index contributed by atoms with van der Waals surface area (Å²) in [5, 5.41) is 9.03. The van der Waals surface area contributed by atoms with Gasteiger partial charge in [-0.2, -0.15) is 0 Å². The lowest BCUT2D eigenvalue weighted by atomic mass is 10.0. The van der Waals surface area contributed by atoms with E-state index in [2.05, 4.69) is 142 Å². The predicted octanol–water partition coefficient (Wildman–Crippen LogP) is 13.0. The molecule has 0 bridgehead atoms. The van der Waals surface area contributed by atoms with Crippen molar-refractivity contribution < 1.29 is 4.42 Å². The number of benzene rings is 8. The molecule has 57 heavy (non-hydrogen) atoms. The van der Waals surface area contributed by atoms with Gasteiger partial charge in [0.25, 0.3) is 0 Å². The summed E-state index contributed by atoms with van der Waals surface area (Å²) in [6.45, 7) is 0. The average Bonchev–Trinajstić information content (AvgIpc) is 3.94. The average molecular weight is 728 g/mol. The van der Waals surface area contributed by atoms with E-state index in [1.807, 2.05) is 42.5 Å². The minimum atomic E-state index is 0.629. The van der Waals surface area contributed by atoms with Crippen LogP contribution in [-0.4, -0.2) is 23.8 Å². The van der Waals surface area contributed by atoms with Crippen molar-refractivity contribution in [1.29, 1.82) is 0 Å². The molecule has 264 valence electrons. The van der Waals surface area contributed by atoms with Crippen molar-refractivity contribution in [2.45, 2.75) is 0 Å². The molecule has 0 aliphatic heterocycles. The monoisotopic (exact) mass is 727 g/mol. The molecule has 0 unspecified atom stereocenters. The highest BCUT2D eigenvalue weighted by atomic mass is 16.3. The van der Waals surface area contributed by atoms with Gasteiger partial charge < -0.3 is 13.2 Å². The van der Waals surface area contributed by atoms with Crippen LogP contribution in [0, 0.1) is 0 Å². The Labute approximate surface area is 324 Å². The Kier molecular flexibility index (Phi) is 6.07. The lowest BCUT2D eigenvalue weighted by Crippen LogP contribution is -2.00. The Balaban J connectivity index is 1.26. The first-order valence-corrected chi connectivity index (χ1v) is 19.2. The SMILES string of the molecule is c1ccc(-c2nc(-c3ccccc3)nc(-c3cccc4c3c3cccc5c6ccc7c8ccccc8oc7c6n6c7ccccc7c7cccc(c76)n4c53)n2)cc1. The number of nitrogens with zero attached hydrogens (tertiary/aromatic N) is 5. The van der Waals surface area contributed by atoms with Gasteiger partial charge in [-0.1, -0.05) is 146 Å². The molecular formula is C51H29N5O. The molecule has 0 aliphatic carbocycles. The van der Waals surface area contributed by atoms with E-state index in [0.29, 0.717) is 17.5 Å². The standard InChI is InChI=1S/C51H29N5O/c1-3-14-30(15-4-1)49-52-50(31-16-5-2-6-17-31)54-51(53-49)39-23-13-25-41-44(39)38-22-11-20-35-36-28-29-37-33-19-8-10-27-43(33)57-48(37)47(36)56-40-24-9-7-18-32(40)34-21-12-26-42(46(34)56)55(41)45(35)38/h1-29H. The highest BCUT2D eigenvalue weighted by Crippen LogP contribution is 2.45. The lowest BCUT2D eigenvalue weighted by molar-refractivity contribution is 0.671. The first kappa shape index (κ1) is 30.5. The van der Waals surface area contributed by atoms with E-state index in [0.717, 1.165) is 93.3 Å². The zero-order chi connectivity index (χ0) is 37.2. The second-order valence-electron chi connectivity index (χ2n) is 14.7. The summed E-state index contributed by atoms with van der Waals surface area (Å²) in [6, 6.07) is 61.8. The summed E-state index contributed by atoms with van der Waals surface area (Å²) in [5.41, 5.74) is 11.2. The molecule has 6 heteroatoms. The summed E-state index contributed by atoms with van der Waals surface area (Å²) in [6.07, 6.45) is 0. The van der Waals surface area contributed by atoms with Crippen LogP contribution in [0.3, 0.4) is 0 Å². The van der Waals surface area contributed by atoms with Crippen molar-refractivity contribution in [3.63, 3.8) is 0 Å². The Hall–Kier alpha value is -7.83. The fourth-order valence-corrected chi connectivity index (χ4v) is 9.33. The zero-order valence-corrected chi connectivity index (χ0v) is 30.4. The smallest absolute Gasteiger partial charge is 0.164 e. The molecule has 0 saturated carbocycles. The molecule has 13 aromatic rings. The molecule has 0 saturated heterocycles. The number of furan rings is 1. The number of hydrogen-bond acceptors (Lipinski definition) is 4. The number of aromatic nitrogens is 5. The van der Waals surface area contributed by atoms with Gasteiger partial charge in [-0.25, -0.2) is 15.0 Å². The van der Waals surface area contributed by atoms with E-state index < -0.39 is 0 Å². The molecule has 6 nitrogen and oxygen atoms in total. The summed E-state index contributed by atoms with van der Waals surface area (Å²) in [7, 11) is 0. The van der Waals surface area contributed by atoms with Crippen LogP contribution in [0.4, 0.5) is 0 Å². The number of hydrogen-bond donors (Lipinski definition) is 0. The van der Waals surface area contributed by atoms with Gasteiger partial charge in [0.15, 0.2) is 23.1 Å². The van der Waals surface area contributed by atoms with Gasteiger partial charge in [-0.05, 0) is 30.3 Å². The molecular weight excluding hydrogens is 699 g/mol. The van der Waals surface area contributed by atoms with E-state index in [1.165, 1.54) is 10.8 Å². The maximum Gasteiger partial charge on any atom is 0.164 e. The molecule has 0 radical (unpaired) electrons. The maximum absolute atomic E-state index is 6.88. The normalized spacial score (nSPS) is 12.2. The molecule has 5 heterocycles. The fourth-order valence-electron chi connectivity index (χ4n) is 9.33. The van der Waals surface area contributed by atoms with Gasteiger partial charge in [0, 0.05) is 59.8 Å². The highest BCUT2D eigenvalue weighted by molar-refractivity contribution is 6.28. The second kappa shape index (κ2) is 11.4. The van der Waals surface area contributed by atoms with E-state index >= 15 is 0 Å². The second-order valence-corrected chi connectivity index (χ2v) is 14.7. The highest BCUT2D eigenvalue weighted by Gasteiger charge is 2.24. The topological polar surface area (TPSA) is 60.6 Å². The molecule has 5 aromatic heterocycles. The quantitative estimate of drug-likeness (QED) is 0.182. The van der Waals surface area contributed by atoms with Crippen LogP contribution in [0.15, 0.2) is 180 Å². The van der Waals surface area contributed by atoms with Crippen LogP contribution in [0.1, 0.15) is 0 Å². The Morgan fingerprint density at radius 1 is 0.333 bits per heavy atom.